The first-order valence-corrected chi connectivity index (χ1v) is 6.96. The fraction of sp³-hybridized carbons (Fsp3) is 0.733. The summed E-state index contributed by atoms with van der Waals surface area (Å²) >= 11 is 0. The van der Waals surface area contributed by atoms with Gasteiger partial charge in [-0.15, -0.1) is 0 Å². The molecule has 0 saturated heterocycles. The summed E-state index contributed by atoms with van der Waals surface area (Å²) in [7, 11) is 0. The molecule has 0 saturated carbocycles. The predicted molar refractivity (Wildman–Crippen MR) is 74.7 cm³/mol. The number of fused-ring (bicyclic) bond motifs is 1. The summed E-state index contributed by atoms with van der Waals surface area (Å²) in [6.45, 7) is 13.1. The average Bonchev–Trinajstić information content (AvgIpc) is 2.25. The Kier molecular flexibility index (Phi) is 3.71. The second-order valence-electron chi connectivity index (χ2n) is 6.77. The largest absolute Gasteiger partial charge is 0.312 e. The second kappa shape index (κ2) is 4.96. The number of hydrogen-bond acceptors (Lipinski definition) is 3. The lowest BCUT2D eigenvalue weighted by Crippen LogP contribution is -2.28. The van der Waals surface area contributed by atoms with E-state index in [1.54, 1.807) is 0 Å². The molecule has 3 heteroatoms. The van der Waals surface area contributed by atoms with Crippen molar-refractivity contribution in [3.63, 3.8) is 0 Å². The highest BCUT2D eigenvalue weighted by Crippen LogP contribution is 2.25. The molecule has 0 fully saturated rings. The van der Waals surface area contributed by atoms with Crippen LogP contribution in [0.2, 0.25) is 0 Å². The lowest BCUT2D eigenvalue weighted by molar-refractivity contribution is 0.398. The van der Waals surface area contributed by atoms with Crippen molar-refractivity contribution in [2.45, 2.75) is 59.9 Å². The Labute approximate surface area is 110 Å². The number of aromatic nitrogens is 2. The zero-order valence-corrected chi connectivity index (χ0v) is 12.3. The molecule has 0 amide bonds. The van der Waals surface area contributed by atoms with E-state index < -0.39 is 0 Å². The topological polar surface area (TPSA) is 37.8 Å². The molecule has 0 aliphatic carbocycles. The molecule has 1 aliphatic heterocycles. The molecule has 18 heavy (non-hydrogen) atoms. The maximum atomic E-state index is 4.82. The molecule has 2 rings (SSSR count). The second-order valence-corrected chi connectivity index (χ2v) is 6.77. The van der Waals surface area contributed by atoms with Gasteiger partial charge < -0.3 is 5.32 Å². The first-order chi connectivity index (χ1) is 8.37. The summed E-state index contributed by atoms with van der Waals surface area (Å²) in [4.78, 5) is 9.61. The van der Waals surface area contributed by atoms with Crippen LogP contribution in [0.4, 0.5) is 0 Å². The molecular formula is C15H25N3. The summed E-state index contributed by atoms with van der Waals surface area (Å²) in [5, 5.41) is 3.42. The quantitative estimate of drug-likeness (QED) is 0.873. The molecule has 0 bridgehead atoms. The van der Waals surface area contributed by atoms with E-state index >= 15 is 0 Å². The number of nitrogens with one attached hydrogen (secondary N) is 1. The highest BCUT2D eigenvalue weighted by atomic mass is 15.0. The maximum Gasteiger partial charge on any atom is 0.129 e. The van der Waals surface area contributed by atoms with Crippen LogP contribution in [0.3, 0.4) is 0 Å². The van der Waals surface area contributed by atoms with Gasteiger partial charge in [-0.05, 0) is 11.3 Å². The molecule has 0 unspecified atom stereocenters. The standard InChI is InChI=1S/C15H25N3/c1-10(2)14-11-9-16-7-6-12(11)17-13(18-14)8-15(3,4)5/h10,16H,6-9H2,1-5H3. The van der Waals surface area contributed by atoms with Crippen LogP contribution in [0, 0.1) is 5.41 Å². The molecule has 1 N–H and O–H groups in total. The van der Waals surface area contributed by atoms with Gasteiger partial charge in [-0.3, -0.25) is 0 Å². The fourth-order valence-corrected chi connectivity index (χ4v) is 2.45. The first-order valence-electron chi connectivity index (χ1n) is 6.96. The molecule has 2 heterocycles. The van der Waals surface area contributed by atoms with E-state index in [9.17, 15) is 0 Å². The molecule has 3 nitrogen and oxygen atoms in total. The zero-order chi connectivity index (χ0) is 13.3. The van der Waals surface area contributed by atoms with Crippen LogP contribution in [0.15, 0.2) is 0 Å². The normalized spacial score (nSPS) is 15.9. The van der Waals surface area contributed by atoms with E-state index in [1.165, 1.54) is 17.0 Å². The van der Waals surface area contributed by atoms with E-state index in [1.807, 2.05) is 0 Å². The lowest BCUT2D eigenvalue weighted by Gasteiger charge is -2.24. The molecule has 1 aliphatic rings. The summed E-state index contributed by atoms with van der Waals surface area (Å²) in [6.07, 6.45) is 1.99. The van der Waals surface area contributed by atoms with E-state index in [2.05, 4.69) is 39.9 Å². The Bertz CT molecular complexity index is 430. The summed E-state index contributed by atoms with van der Waals surface area (Å²) in [6, 6.07) is 0. The Morgan fingerprint density at radius 2 is 1.94 bits per heavy atom. The average molecular weight is 247 g/mol. The van der Waals surface area contributed by atoms with E-state index in [0.29, 0.717) is 5.92 Å². The minimum atomic E-state index is 0.245. The molecular weight excluding hydrogens is 222 g/mol. The van der Waals surface area contributed by atoms with Gasteiger partial charge in [-0.1, -0.05) is 34.6 Å². The Morgan fingerprint density at radius 3 is 2.56 bits per heavy atom. The van der Waals surface area contributed by atoms with Gasteiger partial charge in [0.05, 0.1) is 11.4 Å². The monoisotopic (exact) mass is 247 g/mol. The molecule has 0 atom stereocenters. The van der Waals surface area contributed by atoms with Gasteiger partial charge in [-0.25, -0.2) is 9.97 Å². The smallest absolute Gasteiger partial charge is 0.129 e. The van der Waals surface area contributed by atoms with Crippen molar-refractivity contribution in [3.05, 3.63) is 22.8 Å². The van der Waals surface area contributed by atoms with Crippen molar-refractivity contribution in [1.29, 1.82) is 0 Å². The van der Waals surface area contributed by atoms with Crippen molar-refractivity contribution in [1.82, 2.24) is 15.3 Å². The predicted octanol–water partition coefficient (Wildman–Crippen LogP) is 2.83. The van der Waals surface area contributed by atoms with Crippen molar-refractivity contribution in [3.8, 4) is 0 Å². The van der Waals surface area contributed by atoms with Gasteiger partial charge in [0.15, 0.2) is 0 Å². The van der Waals surface area contributed by atoms with Gasteiger partial charge in [0, 0.05) is 31.5 Å². The molecule has 100 valence electrons. The van der Waals surface area contributed by atoms with Gasteiger partial charge in [0.1, 0.15) is 5.82 Å². The molecule has 1 aromatic heterocycles. The van der Waals surface area contributed by atoms with Crippen molar-refractivity contribution < 1.29 is 0 Å². The fourth-order valence-electron chi connectivity index (χ4n) is 2.45. The molecule has 0 spiro atoms. The Hall–Kier alpha value is -0.960. The Morgan fingerprint density at radius 1 is 1.22 bits per heavy atom. The lowest BCUT2D eigenvalue weighted by atomic mass is 9.91. The van der Waals surface area contributed by atoms with Gasteiger partial charge in [-0.2, -0.15) is 0 Å². The van der Waals surface area contributed by atoms with Crippen LogP contribution in [0.25, 0.3) is 0 Å². The van der Waals surface area contributed by atoms with Gasteiger partial charge in [0.2, 0.25) is 0 Å². The highest BCUT2D eigenvalue weighted by molar-refractivity contribution is 5.30. The third kappa shape index (κ3) is 3.08. The highest BCUT2D eigenvalue weighted by Gasteiger charge is 2.21. The Balaban J connectivity index is 2.41. The third-order valence-corrected chi connectivity index (χ3v) is 3.25. The summed E-state index contributed by atoms with van der Waals surface area (Å²) in [5.74, 6) is 1.49. The van der Waals surface area contributed by atoms with Gasteiger partial charge in [0.25, 0.3) is 0 Å². The number of hydrogen-bond donors (Lipinski definition) is 1. The van der Waals surface area contributed by atoms with Crippen LogP contribution in [-0.4, -0.2) is 16.5 Å². The van der Waals surface area contributed by atoms with E-state index in [0.717, 1.165) is 31.8 Å². The summed E-state index contributed by atoms with van der Waals surface area (Å²) in [5.41, 5.74) is 4.10. The molecule has 0 aromatic carbocycles. The van der Waals surface area contributed by atoms with Crippen molar-refractivity contribution in [2.75, 3.05) is 6.54 Å². The minimum absolute atomic E-state index is 0.245. The molecule has 1 aromatic rings. The number of rotatable bonds is 2. The van der Waals surface area contributed by atoms with Crippen LogP contribution >= 0.6 is 0 Å². The summed E-state index contributed by atoms with van der Waals surface area (Å²) < 4.78 is 0. The SMILES string of the molecule is CC(C)c1nc(CC(C)(C)C)nc2c1CNCC2. The van der Waals surface area contributed by atoms with Crippen molar-refractivity contribution >= 4 is 0 Å². The zero-order valence-electron chi connectivity index (χ0n) is 12.3. The van der Waals surface area contributed by atoms with Crippen LogP contribution in [0.5, 0.6) is 0 Å². The van der Waals surface area contributed by atoms with Crippen LogP contribution in [0.1, 0.15) is 63.3 Å². The molecule has 0 radical (unpaired) electrons. The first kappa shape index (κ1) is 13.5. The van der Waals surface area contributed by atoms with E-state index in [4.69, 9.17) is 9.97 Å². The van der Waals surface area contributed by atoms with Gasteiger partial charge >= 0.3 is 0 Å². The third-order valence-electron chi connectivity index (χ3n) is 3.25. The van der Waals surface area contributed by atoms with Crippen molar-refractivity contribution in [2.24, 2.45) is 5.41 Å². The van der Waals surface area contributed by atoms with E-state index in [-0.39, 0.29) is 5.41 Å². The van der Waals surface area contributed by atoms with Crippen LogP contribution < -0.4 is 5.32 Å². The number of nitrogens with zero attached hydrogens (tertiary/aromatic N) is 2. The maximum absolute atomic E-state index is 4.82. The van der Waals surface area contributed by atoms with Crippen LogP contribution in [-0.2, 0) is 19.4 Å². The minimum Gasteiger partial charge on any atom is -0.312 e.